The standard InChI is InChI=1S/C20H24N2O4S/c1-5-15(20(24)25-7-3)22-16-10-13(14-11-27-12(4)21-14)8-9-18(16)26-17(6-2)19(22)23/h8-11,15,17H,5-7H2,1-4H3. The van der Waals surface area contributed by atoms with E-state index in [9.17, 15) is 9.59 Å². The molecule has 1 aromatic heterocycles. The summed E-state index contributed by atoms with van der Waals surface area (Å²) < 4.78 is 11.1. The molecule has 27 heavy (non-hydrogen) atoms. The topological polar surface area (TPSA) is 68.7 Å². The van der Waals surface area contributed by atoms with E-state index in [0.29, 0.717) is 24.3 Å². The van der Waals surface area contributed by atoms with Crippen molar-refractivity contribution < 1.29 is 19.1 Å². The Balaban J connectivity index is 2.09. The summed E-state index contributed by atoms with van der Waals surface area (Å²) in [6.07, 6.45) is 0.384. The molecule has 0 bridgehead atoms. The van der Waals surface area contributed by atoms with Crippen molar-refractivity contribution in [1.29, 1.82) is 0 Å². The Morgan fingerprint density at radius 1 is 1.37 bits per heavy atom. The van der Waals surface area contributed by atoms with E-state index in [1.807, 2.05) is 44.4 Å². The largest absolute Gasteiger partial charge is 0.478 e. The molecule has 2 atom stereocenters. The first-order valence-electron chi connectivity index (χ1n) is 9.23. The normalized spacial score (nSPS) is 17.3. The van der Waals surface area contributed by atoms with Crippen LogP contribution in [0.25, 0.3) is 11.3 Å². The second-order valence-electron chi connectivity index (χ2n) is 6.33. The van der Waals surface area contributed by atoms with Crippen LogP contribution in [0.3, 0.4) is 0 Å². The fourth-order valence-corrected chi connectivity index (χ4v) is 3.83. The maximum absolute atomic E-state index is 13.1. The third kappa shape index (κ3) is 3.69. The van der Waals surface area contributed by atoms with Gasteiger partial charge in [0, 0.05) is 10.9 Å². The third-order valence-corrected chi connectivity index (χ3v) is 5.32. The number of aromatic nitrogens is 1. The van der Waals surface area contributed by atoms with E-state index in [-0.39, 0.29) is 12.5 Å². The van der Waals surface area contributed by atoms with E-state index in [0.717, 1.165) is 16.3 Å². The van der Waals surface area contributed by atoms with Crippen LogP contribution in [0.2, 0.25) is 0 Å². The summed E-state index contributed by atoms with van der Waals surface area (Å²) >= 11 is 1.57. The number of esters is 1. The minimum atomic E-state index is -0.679. The SMILES string of the molecule is CCOC(=O)C(CC)N1C(=O)C(CC)Oc2ccc(-c3csc(C)n3)cc21. The van der Waals surface area contributed by atoms with Crippen LogP contribution in [0.1, 0.15) is 38.6 Å². The van der Waals surface area contributed by atoms with Crippen molar-refractivity contribution in [2.24, 2.45) is 0 Å². The zero-order valence-corrected chi connectivity index (χ0v) is 16.8. The molecular weight excluding hydrogens is 364 g/mol. The average Bonchev–Trinajstić information content (AvgIpc) is 3.10. The number of rotatable bonds is 6. The highest BCUT2D eigenvalue weighted by atomic mass is 32.1. The van der Waals surface area contributed by atoms with Crippen LogP contribution < -0.4 is 9.64 Å². The second kappa shape index (κ2) is 8.08. The van der Waals surface area contributed by atoms with Crippen LogP contribution in [-0.2, 0) is 14.3 Å². The Morgan fingerprint density at radius 2 is 2.15 bits per heavy atom. The van der Waals surface area contributed by atoms with Gasteiger partial charge in [0.1, 0.15) is 11.8 Å². The molecule has 144 valence electrons. The number of hydrogen-bond donors (Lipinski definition) is 0. The van der Waals surface area contributed by atoms with Crippen molar-refractivity contribution >= 4 is 28.9 Å². The monoisotopic (exact) mass is 388 g/mol. The first-order valence-corrected chi connectivity index (χ1v) is 10.1. The number of nitrogens with zero attached hydrogens (tertiary/aromatic N) is 2. The van der Waals surface area contributed by atoms with Crippen LogP contribution >= 0.6 is 11.3 Å². The van der Waals surface area contributed by atoms with Gasteiger partial charge in [0.25, 0.3) is 5.91 Å². The van der Waals surface area contributed by atoms with E-state index in [2.05, 4.69) is 4.98 Å². The quantitative estimate of drug-likeness (QED) is 0.701. The van der Waals surface area contributed by atoms with Crippen LogP contribution in [0, 0.1) is 6.92 Å². The molecule has 0 radical (unpaired) electrons. The maximum atomic E-state index is 13.1. The van der Waals surface area contributed by atoms with Gasteiger partial charge in [0.15, 0.2) is 6.10 Å². The van der Waals surface area contributed by atoms with Crippen molar-refractivity contribution in [3.63, 3.8) is 0 Å². The Bertz CT molecular complexity index is 848. The molecule has 2 unspecified atom stereocenters. The highest BCUT2D eigenvalue weighted by Gasteiger charge is 2.40. The lowest BCUT2D eigenvalue weighted by Crippen LogP contribution is -2.53. The lowest BCUT2D eigenvalue weighted by molar-refractivity contribution is -0.146. The van der Waals surface area contributed by atoms with Gasteiger partial charge >= 0.3 is 5.97 Å². The predicted molar refractivity (Wildman–Crippen MR) is 105 cm³/mol. The smallest absolute Gasteiger partial charge is 0.329 e. The van der Waals surface area contributed by atoms with Gasteiger partial charge in [0.05, 0.1) is 23.0 Å². The lowest BCUT2D eigenvalue weighted by Gasteiger charge is -2.37. The van der Waals surface area contributed by atoms with E-state index >= 15 is 0 Å². The summed E-state index contributed by atoms with van der Waals surface area (Å²) in [7, 11) is 0. The van der Waals surface area contributed by atoms with E-state index in [1.165, 1.54) is 0 Å². The minimum Gasteiger partial charge on any atom is -0.478 e. The molecule has 0 N–H and O–H groups in total. The first-order chi connectivity index (χ1) is 13.0. The molecule has 0 aliphatic carbocycles. The number of ether oxygens (including phenoxy) is 2. The summed E-state index contributed by atoms with van der Waals surface area (Å²) in [5.41, 5.74) is 2.32. The molecule has 2 heterocycles. The molecule has 0 spiro atoms. The number of hydrogen-bond acceptors (Lipinski definition) is 6. The van der Waals surface area contributed by atoms with Crippen LogP contribution in [0.15, 0.2) is 23.6 Å². The van der Waals surface area contributed by atoms with Gasteiger partial charge in [-0.15, -0.1) is 11.3 Å². The Kier molecular flexibility index (Phi) is 5.79. The van der Waals surface area contributed by atoms with Crippen molar-refractivity contribution in [3.05, 3.63) is 28.6 Å². The van der Waals surface area contributed by atoms with Crippen LogP contribution in [0.5, 0.6) is 5.75 Å². The zero-order chi connectivity index (χ0) is 19.6. The summed E-state index contributed by atoms with van der Waals surface area (Å²) in [5.74, 6) is -0.0117. The second-order valence-corrected chi connectivity index (χ2v) is 7.40. The molecular formula is C20H24N2O4S. The van der Waals surface area contributed by atoms with Crippen LogP contribution in [-0.4, -0.2) is 35.6 Å². The highest BCUT2D eigenvalue weighted by Crippen LogP contribution is 2.40. The molecule has 1 amide bonds. The highest BCUT2D eigenvalue weighted by molar-refractivity contribution is 7.09. The van der Waals surface area contributed by atoms with Crippen molar-refractivity contribution in [2.75, 3.05) is 11.5 Å². The number of anilines is 1. The van der Waals surface area contributed by atoms with Gasteiger partial charge in [-0.1, -0.05) is 13.8 Å². The number of aryl methyl sites for hydroxylation is 1. The first kappa shape index (κ1) is 19.4. The molecule has 0 saturated heterocycles. The van der Waals surface area contributed by atoms with Gasteiger partial charge in [-0.3, -0.25) is 9.69 Å². The molecule has 3 rings (SSSR count). The molecule has 1 aliphatic rings. The molecule has 2 aromatic rings. The molecule has 1 aliphatic heterocycles. The van der Waals surface area contributed by atoms with Gasteiger partial charge in [0.2, 0.25) is 0 Å². The Hall–Kier alpha value is -2.41. The summed E-state index contributed by atoms with van der Waals surface area (Å²) in [6, 6.07) is 4.97. The molecule has 7 heteroatoms. The fourth-order valence-electron chi connectivity index (χ4n) is 3.21. The van der Waals surface area contributed by atoms with Crippen molar-refractivity contribution in [1.82, 2.24) is 4.98 Å². The van der Waals surface area contributed by atoms with E-state index in [1.54, 1.807) is 23.2 Å². The minimum absolute atomic E-state index is 0.212. The molecule has 0 saturated carbocycles. The maximum Gasteiger partial charge on any atom is 0.329 e. The number of thiazole rings is 1. The van der Waals surface area contributed by atoms with E-state index in [4.69, 9.17) is 9.47 Å². The molecule has 6 nitrogen and oxygen atoms in total. The third-order valence-electron chi connectivity index (χ3n) is 4.54. The van der Waals surface area contributed by atoms with Crippen LogP contribution in [0.4, 0.5) is 5.69 Å². The van der Waals surface area contributed by atoms with Gasteiger partial charge in [-0.25, -0.2) is 9.78 Å². The molecule has 1 aromatic carbocycles. The summed E-state index contributed by atoms with van der Waals surface area (Å²) in [6.45, 7) is 7.75. The van der Waals surface area contributed by atoms with E-state index < -0.39 is 18.1 Å². The van der Waals surface area contributed by atoms with Crippen molar-refractivity contribution in [2.45, 2.75) is 52.7 Å². The van der Waals surface area contributed by atoms with Crippen molar-refractivity contribution in [3.8, 4) is 17.0 Å². The zero-order valence-electron chi connectivity index (χ0n) is 16.0. The number of fused-ring (bicyclic) bond motifs is 1. The average molecular weight is 388 g/mol. The van der Waals surface area contributed by atoms with Gasteiger partial charge in [-0.05, 0) is 44.9 Å². The predicted octanol–water partition coefficient (Wildman–Crippen LogP) is 3.96. The Labute approximate surface area is 163 Å². The van der Waals surface area contributed by atoms with Gasteiger partial charge < -0.3 is 9.47 Å². The number of carbonyl (C=O) groups is 2. The number of carbonyl (C=O) groups excluding carboxylic acids is 2. The number of amides is 1. The Morgan fingerprint density at radius 3 is 2.74 bits per heavy atom. The summed E-state index contributed by atoms with van der Waals surface area (Å²) in [4.78, 5) is 31.6. The molecule has 0 fully saturated rings. The summed E-state index contributed by atoms with van der Waals surface area (Å²) in [5, 5.41) is 2.95. The number of benzene rings is 1. The lowest BCUT2D eigenvalue weighted by atomic mass is 10.0. The van der Waals surface area contributed by atoms with Gasteiger partial charge in [-0.2, -0.15) is 0 Å². The fraction of sp³-hybridized carbons (Fsp3) is 0.450.